The molecule has 1 aliphatic heterocycles. The van der Waals surface area contributed by atoms with Crippen molar-refractivity contribution >= 4 is 13.0 Å². The van der Waals surface area contributed by atoms with Crippen LogP contribution in [0, 0.1) is 23.7 Å². The molecule has 0 amide bonds. The summed E-state index contributed by atoms with van der Waals surface area (Å²) in [6.07, 6.45) is 2.60. The highest BCUT2D eigenvalue weighted by Gasteiger charge is 2.41. The summed E-state index contributed by atoms with van der Waals surface area (Å²) >= 11 is 0. The van der Waals surface area contributed by atoms with Gasteiger partial charge in [-0.05, 0) is 68.6 Å². The minimum Gasteiger partial charge on any atom is -0.493 e. The zero-order valence-corrected chi connectivity index (χ0v) is 21.2. The summed E-state index contributed by atoms with van der Waals surface area (Å²) in [7, 11) is 2.77. The lowest BCUT2D eigenvalue weighted by Gasteiger charge is -2.27. The van der Waals surface area contributed by atoms with E-state index < -0.39 is 7.05 Å². The molecule has 0 saturated carbocycles. The number of hydrogen-bond acceptors (Lipinski definition) is 7. The van der Waals surface area contributed by atoms with Gasteiger partial charge in [-0.15, -0.1) is 0 Å². The Morgan fingerprint density at radius 3 is 2.58 bits per heavy atom. The highest BCUT2D eigenvalue weighted by Crippen LogP contribution is 2.36. The van der Waals surface area contributed by atoms with Crippen LogP contribution in [0.2, 0.25) is 6.82 Å². The van der Waals surface area contributed by atoms with Crippen molar-refractivity contribution in [2.45, 2.75) is 46.9 Å². The molecule has 3 atom stereocenters. The first-order chi connectivity index (χ1) is 15.8. The minimum absolute atomic E-state index is 0.149. The summed E-state index contributed by atoms with van der Waals surface area (Å²) in [5.41, 5.74) is 1.19. The molecule has 1 N–H and O–H groups in total. The van der Waals surface area contributed by atoms with E-state index in [4.69, 9.17) is 18.9 Å². The second kappa shape index (κ2) is 13.8. The van der Waals surface area contributed by atoms with Gasteiger partial charge in [0.25, 0.3) is 0 Å². The Labute approximate surface area is 199 Å². The van der Waals surface area contributed by atoms with Gasteiger partial charge >= 0.3 is 13.0 Å². The fourth-order valence-corrected chi connectivity index (χ4v) is 4.59. The normalized spacial score (nSPS) is 19.5. The molecule has 0 aromatic heterocycles. The summed E-state index contributed by atoms with van der Waals surface area (Å²) in [5.74, 6) is 2.12. The van der Waals surface area contributed by atoms with Crippen LogP contribution in [0.15, 0.2) is 18.2 Å². The van der Waals surface area contributed by atoms with Crippen molar-refractivity contribution < 1.29 is 28.8 Å². The molecule has 1 aliphatic rings. The van der Waals surface area contributed by atoms with Crippen LogP contribution in [-0.2, 0) is 20.7 Å². The maximum absolute atomic E-state index is 12.6. The molecular formula is C25H42BNO6. The van der Waals surface area contributed by atoms with E-state index in [0.717, 1.165) is 30.8 Å². The lowest BCUT2D eigenvalue weighted by atomic mass is 9.79. The summed E-state index contributed by atoms with van der Waals surface area (Å²) in [6.45, 7) is 10.9. The number of nitrogens with zero attached hydrogens (tertiary/aromatic N) is 1. The smallest absolute Gasteiger partial charge is 0.376 e. The van der Waals surface area contributed by atoms with Gasteiger partial charge in [-0.1, -0.05) is 19.9 Å². The molecule has 7 nitrogen and oxygen atoms in total. The molecule has 1 saturated heterocycles. The predicted molar refractivity (Wildman–Crippen MR) is 131 cm³/mol. The molecule has 8 heteroatoms. The molecule has 0 radical (unpaired) electrons. The van der Waals surface area contributed by atoms with Gasteiger partial charge in [-0.2, -0.15) is 0 Å². The first kappa shape index (κ1) is 27.5. The fourth-order valence-electron chi connectivity index (χ4n) is 4.59. The fraction of sp³-hybridized carbons (Fsp3) is 0.720. The van der Waals surface area contributed by atoms with E-state index in [9.17, 15) is 9.82 Å². The van der Waals surface area contributed by atoms with Gasteiger partial charge in [0.05, 0.1) is 26.2 Å². The van der Waals surface area contributed by atoms with Gasteiger partial charge in [0.1, 0.15) is 0 Å². The third-order valence-corrected chi connectivity index (χ3v) is 6.61. The number of rotatable bonds is 14. The third-order valence-electron chi connectivity index (χ3n) is 6.61. The molecular weight excluding hydrogens is 421 g/mol. The number of benzene rings is 1. The van der Waals surface area contributed by atoms with Gasteiger partial charge < -0.3 is 28.8 Å². The van der Waals surface area contributed by atoms with E-state index in [1.54, 1.807) is 21.0 Å². The van der Waals surface area contributed by atoms with E-state index in [0.29, 0.717) is 44.7 Å². The second-order valence-electron chi connectivity index (χ2n) is 9.33. The van der Waals surface area contributed by atoms with Gasteiger partial charge in [-0.25, -0.2) is 0 Å². The Morgan fingerprint density at radius 2 is 1.97 bits per heavy atom. The average molecular weight is 463 g/mol. The number of carbonyl (C=O) groups excluding carboxylic acids is 1. The van der Waals surface area contributed by atoms with E-state index in [1.807, 2.05) is 17.8 Å². The first-order valence-electron chi connectivity index (χ1n) is 12.2. The quantitative estimate of drug-likeness (QED) is 0.257. The van der Waals surface area contributed by atoms with Crippen LogP contribution in [0.25, 0.3) is 0 Å². The van der Waals surface area contributed by atoms with Crippen LogP contribution in [0.4, 0.5) is 0 Å². The zero-order chi connectivity index (χ0) is 24.4. The van der Waals surface area contributed by atoms with Gasteiger partial charge in [0.2, 0.25) is 0 Å². The van der Waals surface area contributed by atoms with Gasteiger partial charge in [-0.3, -0.25) is 4.79 Å². The summed E-state index contributed by atoms with van der Waals surface area (Å²) in [5, 5.41) is 10.1. The number of carbonyl (C=O) groups is 1. The molecule has 33 heavy (non-hydrogen) atoms. The largest absolute Gasteiger partial charge is 0.493 e. The van der Waals surface area contributed by atoms with Crippen LogP contribution >= 0.6 is 0 Å². The number of esters is 1. The van der Waals surface area contributed by atoms with Crippen LogP contribution < -0.4 is 9.47 Å². The Balaban J connectivity index is 2.13. The van der Waals surface area contributed by atoms with Crippen LogP contribution in [-0.4, -0.2) is 70.0 Å². The lowest BCUT2D eigenvalue weighted by Crippen LogP contribution is -2.35. The molecule has 1 heterocycles. The monoisotopic (exact) mass is 463 g/mol. The Morgan fingerprint density at radius 1 is 1.21 bits per heavy atom. The van der Waals surface area contributed by atoms with Gasteiger partial charge in [0.15, 0.2) is 11.5 Å². The van der Waals surface area contributed by atoms with Crippen molar-refractivity contribution in [3.05, 3.63) is 23.8 Å². The van der Waals surface area contributed by atoms with Crippen molar-refractivity contribution in [1.29, 1.82) is 0 Å². The minimum atomic E-state index is -0.566. The third kappa shape index (κ3) is 8.19. The summed E-state index contributed by atoms with van der Waals surface area (Å²) in [6, 6.07) is 6.13. The van der Waals surface area contributed by atoms with Crippen LogP contribution in [0.5, 0.6) is 11.5 Å². The standard InChI is InChI=1S/C25H42BNO6/c1-7-32-25(28)22-17-27(26(4)29)16-21(22)15-20(18(2)3)13-19-9-10-23(31-6)24(14-19)33-12-8-11-30-5/h9-10,14,18,20-22,29H,7-8,11-13,15-17H2,1-6H3/t20-,21+,22+/m0/s1. The molecule has 1 fully saturated rings. The molecule has 0 bridgehead atoms. The maximum atomic E-state index is 12.6. The summed E-state index contributed by atoms with van der Waals surface area (Å²) < 4.78 is 21.9. The van der Waals surface area contributed by atoms with Crippen molar-refractivity contribution in [3.63, 3.8) is 0 Å². The first-order valence-corrected chi connectivity index (χ1v) is 12.2. The van der Waals surface area contributed by atoms with Crippen LogP contribution in [0.1, 0.15) is 39.2 Å². The molecule has 1 aromatic carbocycles. The van der Waals surface area contributed by atoms with Crippen molar-refractivity contribution in [1.82, 2.24) is 4.81 Å². The van der Waals surface area contributed by atoms with Crippen molar-refractivity contribution in [3.8, 4) is 11.5 Å². The lowest BCUT2D eigenvalue weighted by molar-refractivity contribution is -0.149. The van der Waals surface area contributed by atoms with Gasteiger partial charge in [0, 0.05) is 26.7 Å². The highest BCUT2D eigenvalue weighted by molar-refractivity contribution is 6.45. The number of methoxy groups -OCH3 is 2. The SMILES string of the molecule is CCOC(=O)[C@@H]1CN(B(C)O)C[C@H]1C[C@H](Cc1ccc(OC)c(OCCCOC)c1)C(C)C. The maximum Gasteiger partial charge on any atom is 0.376 e. The van der Waals surface area contributed by atoms with E-state index in [2.05, 4.69) is 26.0 Å². The van der Waals surface area contributed by atoms with E-state index >= 15 is 0 Å². The Hall–Kier alpha value is -1.77. The Bertz CT molecular complexity index is 729. The molecule has 0 unspecified atom stereocenters. The van der Waals surface area contributed by atoms with E-state index in [-0.39, 0.29) is 17.8 Å². The van der Waals surface area contributed by atoms with Crippen LogP contribution in [0.3, 0.4) is 0 Å². The summed E-state index contributed by atoms with van der Waals surface area (Å²) in [4.78, 5) is 14.6. The molecule has 1 aromatic rings. The predicted octanol–water partition coefficient (Wildman–Crippen LogP) is 3.54. The van der Waals surface area contributed by atoms with Crippen molar-refractivity contribution in [2.24, 2.45) is 23.7 Å². The molecule has 2 rings (SSSR count). The zero-order valence-electron chi connectivity index (χ0n) is 21.2. The highest BCUT2D eigenvalue weighted by atomic mass is 16.5. The van der Waals surface area contributed by atoms with Crippen molar-refractivity contribution in [2.75, 3.05) is 47.1 Å². The molecule has 186 valence electrons. The topological polar surface area (TPSA) is 77.5 Å². The number of ether oxygens (including phenoxy) is 4. The molecule has 0 aliphatic carbocycles. The Kier molecular flexibility index (Phi) is 11.5. The number of hydrogen-bond donors (Lipinski definition) is 1. The average Bonchev–Trinajstić information content (AvgIpc) is 3.21. The van der Waals surface area contributed by atoms with E-state index in [1.165, 1.54) is 5.56 Å². The molecule has 0 spiro atoms. The second-order valence-corrected chi connectivity index (χ2v) is 9.33.